The number of aromatic nitrogens is 1. The molecule has 1 aromatic heterocycles. The number of hydrogen-bond donors (Lipinski definition) is 1. The Morgan fingerprint density at radius 2 is 1.95 bits per heavy atom. The first kappa shape index (κ1) is 16.6. The molecule has 0 amide bonds. The van der Waals surface area contributed by atoms with Crippen LogP contribution in [0.5, 0.6) is 0 Å². The molecule has 20 heavy (non-hydrogen) atoms. The Labute approximate surface area is 118 Å². The van der Waals surface area contributed by atoms with Crippen LogP contribution in [0, 0.1) is 0 Å². The number of nitrogens with zero attached hydrogens (tertiary/aromatic N) is 2. The molecule has 0 fully saturated rings. The lowest BCUT2D eigenvalue weighted by molar-refractivity contribution is -0.137. The number of pyridine rings is 1. The Bertz CT molecular complexity index is 432. The second-order valence-electron chi connectivity index (χ2n) is 4.88. The highest BCUT2D eigenvalue weighted by atomic mass is 19.4. The van der Waals surface area contributed by atoms with Gasteiger partial charge < -0.3 is 10.2 Å². The largest absolute Gasteiger partial charge is 0.416 e. The molecule has 114 valence electrons. The quantitative estimate of drug-likeness (QED) is 0.852. The molecule has 0 aromatic carbocycles. The van der Waals surface area contributed by atoms with Crippen molar-refractivity contribution in [2.24, 2.45) is 0 Å². The molecule has 0 radical (unpaired) electrons. The Balaban J connectivity index is 3.14. The van der Waals surface area contributed by atoms with Gasteiger partial charge in [0, 0.05) is 19.6 Å². The maximum Gasteiger partial charge on any atom is 0.416 e. The SMILES string of the molecule is CCCC(C)N(C)c1cc(C(F)(F)F)cc(NCC)n1. The molecule has 0 aliphatic carbocycles. The van der Waals surface area contributed by atoms with E-state index in [1.165, 1.54) is 0 Å². The molecular weight excluding hydrogens is 267 g/mol. The fourth-order valence-electron chi connectivity index (χ4n) is 1.97. The molecule has 0 aliphatic rings. The van der Waals surface area contributed by atoms with Crippen LogP contribution in [0.4, 0.5) is 24.8 Å². The summed E-state index contributed by atoms with van der Waals surface area (Å²) in [7, 11) is 1.78. The normalized spacial score (nSPS) is 13.2. The van der Waals surface area contributed by atoms with Gasteiger partial charge in [0.1, 0.15) is 11.6 Å². The maximum absolute atomic E-state index is 12.9. The monoisotopic (exact) mass is 289 g/mol. The Morgan fingerprint density at radius 3 is 2.45 bits per heavy atom. The van der Waals surface area contributed by atoms with Gasteiger partial charge in [-0.3, -0.25) is 0 Å². The number of alkyl halides is 3. The van der Waals surface area contributed by atoms with Gasteiger partial charge in [-0.1, -0.05) is 13.3 Å². The van der Waals surface area contributed by atoms with Crippen molar-refractivity contribution in [1.29, 1.82) is 0 Å². The minimum atomic E-state index is -4.36. The van der Waals surface area contributed by atoms with Crippen LogP contribution in [0.2, 0.25) is 0 Å². The van der Waals surface area contributed by atoms with E-state index in [0.29, 0.717) is 12.4 Å². The van der Waals surface area contributed by atoms with E-state index in [2.05, 4.69) is 10.3 Å². The van der Waals surface area contributed by atoms with E-state index >= 15 is 0 Å². The maximum atomic E-state index is 12.9. The molecule has 0 saturated carbocycles. The van der Waals surface area contributed by atoms with Gasteiger partial charge in [-0.15, -0.1) is 0 Å². The van der Waals surface area contributed by atoms with Gasteiger partial charge in [0.2, 0.25) is 0 Å². The zero-order valence-electron chi connectivity index (χ0n) is 12.4. The molecule has 1 aromatic rings. The molecule has 6 heteroatoms. The van der Waals surface area contributed by atoms with Crippen molar-refractivity contribution in [3.8, 4) is 0 Å². The van der Waals surface area contributed by atoms with E-state index in [0.717, 1.165) is 25.0 Å². The van der Waals surface area contributed by atoms with E-state index in [1.54, 1.807) is 11.9 Å². The van der Waals surface area contributed by atoms with Gasteiger partial charge in [0.05, 0.1) is 5.56 Å². The standard InChI is InChI=1S/C14H22F3N3/c1-5-7-10(3)20(4)13-9-11(14(15,16)17)8-12(19-13)18-6-2/h8-10H,5-7H2,1-4H3,(H,18,19). The van der Waals surface area contributed by atoms with Crippen LogP contribution in [-0.4, -0.2) is 24.6 Å². The highest BCUT2D eigenvalue weighted by Crippen LogP contribution is 2.33. The van der Waals surface area contributed by atoms with Crippen molar-refractivity contribution in [2.75, 3.05) is 23.8 Å². The Morgan fingerprint density at radius 1 is 1.30 bits per heavy atom. The van der Waals surface area contributed by atoms with Crippen molar-refractivity contribution in [3.05, 3.63) is 17.7 Å². The van der Waals surface area contributed by atoms with E-state index in [9.17, 15) is 13.2 Å². The van der Waals surface area contributed by atoms with E-state index in [-0.39, 0.29) is 11.9 Å². The lowest BCUT2D eigenvalue weighted by Gasteiger charge is -2.27. The summed E-state index contributed by atoms with van der Waals surface area (Å²) >= 11 is 0. The molecule has 1 unspecified atom stereocenters. The summed E-state index contributed by atoms with van der Waals surface area (Å²) in [6.07, 6.45) is -2.48. The summed E-state index contributed by atoms with van der Waals surface area (Å²) in [4.78, 5) is 6.05. The third-order valence-electron chi connectivity index (χ3n) is 3.23. The van der Waals surface area contributed by atoms with Gasteiger partial charge in [-0.2, -0.15) is 13.2 Å². The first-order valence-corrected chi connectivity index (χ1v) is 6.85. The minimum Gasteiger partial charge on any atom is -0.370 e. The highest BCUT2D eigenvalue weighted by Gasteiger charge is 2.32. The van der Waals surface area contributed by atoms with E-state index in [4.69, 9.17) is 0 Å². The van der Waals surface area contributed by atoms with Gasteiger partial charge in [0.15, 0.2) is 0 Å². The lowest BCUT2D eigenvalue weighted by atomic mass is 10.1. The first-order valence-electron chi connectivity index (χ1n) is 6.85. The van der Waals surface area contributed by atoms with Crippen molar-refractivity contribution in [1.82, 2.24) is 4.98 Å². The van der Waals surface area contributed by atoms with Gasteiger partial charge in [0.25, 0.3) is 0 Å². The third kappa shape index (κ3) is 4.28. The van der Waals surface area contributed by atoms with Crippen molar-refractivity contribution in [3.63, 3.8) is 0 Å². The molecule has 1 heterocycles. The zero-order valence-corrected chi connectivity index (χ0v) is 12.4. The second-order valence-corrected chi connectivity index (χ2v) is 4.88. The number of rotatable bonds is 6. The molecule has 0 saturated heterocycles. The van der Waals surface area contributed by atoms with Crippen LogP contribution in [0.15, 0.2) is 12.1 Å². The summed E-state index contributed by atoms with van der Waals surface area (Å²) in [5.74, 6) is 0.601. The Kier molecular flexibility index (Phi) is 5.65. The topological polar surface area (TPSA) is 28.2 Å². The average molecular weight is 289 g/mol. The number of anilines is 2. The fraction of sp³-hybridized carbons (Fsp3) is 0.643. The van der Waals surface area contributed by atoms with Gasteiger partial charge in [-0.05, 0) is 32.4 Å². The van der Waals surface area contributed by atoms with Crippen LogP contribution in [-0.2, 0) is 6.18 Å². The summed E-state index contributed by atoms with van der Waals surface area (Å²) in [6.45, 7) is 6.39. The third-order valence-corrected chi connectivity index (χ3v) is 3.23. The summed E-state index contributed by atoms with van der Waals surface area (Å²) in [6, 6.07) is 2.30. The second kappa shape index (κ2) is 6.81. The molecule has 0 aliphatic heterocycles. The fourth-order valence-corrected chi connectivity index (χ4v) is 1.97. The van der Waals surface area contributed by atoms with E-state index in [1.807, 2.05) is 20.8 Å². The molecule has 3 nitrogen and oxygen atoms in total. The molecular formula is C14H22F3N3. The number of nitrogens with one attached hydrogen (secondary N) is 1. The van der Waals surface area contributed by atoms with Crippen molar-refractivity contribution >= 4 is 11.6 Å². The minimum absolute atomic E-state index is 0.144. The van der Waals surface area contributed by atoms with Crippen LogP contribution >= 0.6 is 0 Å². The Hall–Kier alpha value is -1.46. The number of hydrogen-bond acceptors (Lipinski definition) is 3. The molecule has 0 spiro atoms. The predicted molar refractivity (Wildman–Crippen MR) is 76.2 cm³/mol. The molecule has 1 atom stereocenters. The zero-order chi connectivity index (χ0) is 15.3. The smallest absolute Gasteiger partial charge is 0.370 e. The van der Waals surface area contributed by atoms with Crippen molar-refractivity contribution in [2.45, 2.75) is 45.8 Å². The molecule has 0 bridgehead atoms. The van der Waals surface area contributed by atoms with Crippen LogP contribution < -0.4 is 10.2 Å². The van der Waals surface area contributed by atoms with Crippen LogP contribution in [0.3, 0.4) is 0 Å². The first-order chi connectivity index (χ1) is 9.29. The average Bonchev–Trinajstić information content (AvgIpc) is 2.37. The van der Waals surface area contributed by atoms with Gasteiger partial charge >= 0.3 is 6.18 Å². The van der Waals surface area contributed by atoms with Crippen LogP contribution in [0.1, 0.15) is 39.2 Å². The summed E-state index contributed by atoms with van der Waals surface area (Å²) in [5.41, 5.74) is -0.672. The molecule has 1 rings (SSSR count). The van der Waals surface area contributed by atoms with Gasteiger partial charge in [-0.25, -0.2) is 4.98 Å². The van der Waals surface area contributed by atoms with Crippen LogP contribution in [0.25, 0.3) is 0 Å². The summed E-state index contributed by atoms with van der Waals surface area (Å²) < 4.78 is 38.8. The lowest BCUT2D eigenvalue weighted by Crippen LogP contribution is -2.30. The van der Waals surface area contributed by atoms with E-state index < -0.39 is 11.7 Å². The highest BCUT2D eigenvalue weighted by molar-refractivity contribution is 5.51. The summed E-state index contributed by atoms with van der Waals surface area (Å²) in [5, 5.41) is 2.85. The van der Waals surface area contributed by atoms with Crippen molar-refractivity contribution < 1.29 is 13.2 Å². The molecule has 1 N–H and O–H groups in total. The number of halogens is 3. The predicted octanol–water partition coefficient (Wildman–Crippen LogP) is 4.16.